The first-order valence-corrected chi connectivity index (χ1v) is 7.10. The number of hydrogen-bond acceptors (Lipinski definition) is 3. The van der Waals surface area contributed by atoms with Gasteiger partial charge in [-0.2, -0.15) is 0 Å². The molecule has 0 aliphatic carbocycles. The quantitative estimate of drug-likeness (QED) is 0.852. The lowest BCUT2D eigenvalue weighted by Gasteiger charge is -2.23. The molecule has 0 unspecified atom stereocenters. The number of nitrogens with one attached hydrogen (secondary N) is 1. The molecule has 0 spiro atoms. The van der Waals surface area contributed by atoms with Gasteiger partial charge in [-0.25, -0.2) is 0 Å². The van der Waals surface area contributed by atoms with Gasteiger partial charge in [-0.3, -0.25) is 0 Å². The highest BCUT2D eigenvalue weighted by Gasteiger charge is 2.13. The molecule has 2 heterocycles. The van der Waals surface area contributed by atoms with Gasteiger partial charge in [0.05, 0.1) is 6.10 Å². The minimum Gasteiger partial charge on any atom is -0.373 e. The van der Waals surface area contributed by atoms with E-state index in [-0.39, 0.29) is 6.10 Å². The molecule has 3 heteroatoms. The first-order valence-electron chi connectivity index (χ1n) is 6.22. The van der Waals surface area contributed by atoms with Crippen LogP contribution >= 0.6 is 11.3 Å². The fourth-order valence-corrected chi connectivity index (χ4v) is 2.92. The fraction of sp³-hybridized carbons (Fsp3) is 0.692. The molecule has 1 saturated heterocycles. The van der Waals surface area contributed by atoms with Crippen LogP contribution in [0.25, 0.3) is 0 Å². The summed E-state index contributed by atoms with van der Waals surface area (Å²) in [4.78, 5) is 1.34. The van der Waals surface area contributed by atoms with Crippen LogP contribution in [0, 0.1) is 5.92 Å². The number of piperidine rings is 1. The SMILES string of the molecule is C[C@@H](OCCC1CCNCC1)c1cccs1. The Morgan fingerprint density at radius 1 is 1.50 bits per heavy atom. The molecule has 2 nitrogen and oxygen atoms in total. The Morgan fingerprint density at radius 3 is 3.00 bits per heavy atom. The zero-order chi connectivity index (χ0) is 11.2. The van der Waals surface area contributed by atoms with Crippen LogP contribution < -0.4 is 5.32 Å². The van der Waals surface area contributed by atoms with Crippen LogP contribution in [0.3, 0.4) is 0 Å². The molecule has 0 radical (unpaired) electrons. The summed E-state index contributed by atoms with van der Waals surface area (Å²) in [6.07, 6.45) is 4.12. The van der Waals surface area contributed by atoms with E-state index in [0.717, 1.165) is 12.5 Å². The molecule has 1 atom stereocenters. The standard InChI is InChI=1S/C13H21NOS/c1-11(13-3-2-10-16-13)15-9-6-12-4-7-14-8-5-12/h2-3,10-12,14H,4-9H2,1H3/t11-/m1/s1. The van der Waals surface area contributed by atoms with Crippen molar-refractivity contribution in [1.29, 1.82) is 0 Å². The molecule has 1 aliphatic rings. The second-order valence-corrected chi connectivity index (χ2v) is 5.49. The summed E-state index contributed by atoms with van der Waals surface area (Å²) in [5, 5.41) is 5.51. The molecule has 16 heavy (non-hydrogen) atoms. The summed E-state index contributed by atoms with van der Waals surface area (Å²) in [6.45, 7) is 5.42. The summed E-state index contributed by atoms with van der Waals surface area (Å²) in [5.41, 5.74) is 0. The van der Waals surface area contributed by atoms with Crippen molar-refractivity contribution in [2.75, 3.05) is 19.7 Å². The average Bonchev–Trinajstić information content (AvgIpc) is 2.84. The van der Waals surface area contributed by atoms with E-state index >= 15 is 0 Å². The number of ether oxygens (including phenoxy) is 1. The highest BCUT2D eigenvalue weighted by atomic mass is 32.1. The Kier molecular flexibility index (Phi) is 4.82. The molecule has 90 valence electrons. The Morgan fingerprint density at radius 2 is 2.31 bits per heavy atom. The van der Waals surface area contributed by atoms with Crippen molar-refractivity contribution in [3.63, 3.8) is 0 Å². The zero-order valence-electron chi connectivity index (χ0n) is 9.95. The molecule has 1 N–H and O–H groups in total. The third-order valence-corrected chi connectivity index (χ3v) is 4.33. The number of rotatable bonds is 5. The molecule has 0 saturated carbocycles. The number of thiophene rings is 1. The van der Waals surface area contributed by atoms with Crippen molar-refractivity contribution in [3.8, 4) is 0 Å². The topological polar surface area (TPSA) is 21.3 Å². The molecule has 2 rings (SSSR count). The molecule has 1 aromatic heterocycles. The van der Waals surface area contributed by atoms with Crippen LogP contribution in [0.15, 0.2) is 17.5 Å². The molecule has 1 aromatic rings. The maximum Gasteiger partial charge on any atom is 0.0888 e. The van der Waals surface area contributed by atoms with Crippen LogP contribution in [0.4, 0.5) is 0 Å². The number of hydrogen-bond donors (Lipinski definition) is 1. The van der Waals surface area contributed by atoms with Gasteiger partial charge in [0.1, 0.15) is 0 Å². The molecule has 0 bridgehead atoms. The van der Waals surface area contributed by atoms with E-state index in [0.29, 0.717) is 0 Å². The predicted octanol–water partition coefficient (Wildman–Crippen LogP) is 3.22. The van der Waals surface area contributed by atoms with Gasteiger partial charge in [0, 0.05) is 11.5 Å². The monoisotopic (exact) mass is 239 g/mol. The third-order valence-electron chi connectivity index (χ3n) is 3.30. The average molecular weight is 239 g/mol. The maximum atomic E-state index is 5.88. The second-order valence-electron chi connectivity index (χ2n) is 4.51. The van der Waals surface area contributed by atoms with Crippen molar-refractivity contribution in [2.24, 2.45) is 5.92 Å². The van der Waals surface area contributed by atoms with E-state index in [1.54, 1.807) is 11.3 Å². The normalized spacial score (nSPS) is 19.8. The molecular weight excluding hydrogens is 218 g/mol. The minimum absolute atomic E-state index is 0.265. The Balaban J connectivity index is 1.63. The van der Waals surface area contributed by atoms with Gasteiger partial charge in [-0.1, -0.05) is 6.07 Å². The highest BCUT2D eigenvalue weighted by Crippen LogP contribution is 2.23. The van der Waals surface area contributed by atoms with Crippen LogP contribution in [-0.4, -0.2) is 19.7 Å². The molecule has 0 amide bonds. The van der Waals surface area contributed by atoms with Crippen LogP contribution in [0.1, 0.15) is 37.2 Å². The van der Waals surface area contributed by atoms with E-state index in [4.69, 9.17) is 4.74 Å². The van der Waals surface area contributed by atoms with Gasteiger partial charge in [0.2, 0.25) is 0 Å². The maximum absolute atomic E-state index is 5.88. The highest BCUT2D eigenvalue weighted by molar-refractivity contribution is 7.10. The van der Waals surface area contributed by atoms with Crippen molar-refractivity contribution in [1.82, 2.24) is 5.32 Å². The van der Waals surface area contributed by atoms with Crippen molar-refractivity contribution in [3.05, 3.63) is 22.4 Å². The molecule has 1 aliphatic heterocycles. The summed E-state index contributed by atoms with van der Waals surface area (Å²) >= 11 is 1.78. The van der Waals surface area contributed by atoms with Gasteiger partial charge in [-0.15, -0.1) is 11.3 Å². The van der Waals surface area contributed by atoms with Crippen molar-refractivity contribution >= 4 is 11.3 Å². The lowest BCUT2D eigenvalue weighted by Crippen LogP contribution is -2.28. The smallest absolute Gasteiger partial charge is 0.0888 e. The first kappa shape index (κ1) is 12.1. The lowest BCUT2D eigenvalue weighted by atomic mass is 9.95. The van der Waals surface area contributed by atoms with Gasteiger partial charge >= 0.3 is 0 Å². The summed E-state index contributed by atoms with van der Waals surface area (Å²) in [7, 11) is 0. The van der Waals surface area contributed by atoms with Crippen molar-refractivity contribution in [2.45, 2.75) is 32.3 Å². The largest absolute Gasteiger partial charge is 0.373 e. The van der Waals surface area contributed by atoms with E-state index in [1.807, 2.05) is 0 Å². The van der Waals surface area contributed by atoms with E-state index in [1.165, 1.54) is 37.2 Å². The van der Waals surface area contributed by atoms with Gasteiger partial charge < -0.3 is 10.1 Å². The Bertz CT molecular complexity index is 280. The first-order chi connectivity index (χ1) is 7.86. The van der Waals surface area contributed by atoms with E-state index in [9.17, 15) is 0 Å². The summed E-state index contributed by atoms with van der Waals surface area (Å²) in [6, 6.07) is 4.24. The van der Waals surface area contributed by atoms with Crippen LogP contribution in [-0.2, 0) is 4.74 Å². The predicted molar refractivity (Wildman–Crippen MR) is 68.9 cm³/mol. The Labute approximate surface area is 102 Å². The third kappa shape index (κ3) is 3.58. The van der Waals surface area contributed by atoms with Gasteiger partial charge in [0.15, 0.2) is 0 Å². The summed E-state index contributed by atoms with van der Waals surface area (Å²) < 4.78 is 5.88. The molecular formula is C13H21NOS. The zero-order valence-corrected chi connectivity index (χ0v) is 10.8. The second kappa shape index (κ2) is 6.38. The Hall–Kier alpha value is -0.380. The van der Waals surface area contributed by atoms with Gasteiger partial charge in [-0.05, 0) is 56.6 Å². The van der Waals surface area contributed by atoms with Crippen LogP contribution in [0.5, 0.6) is 0 Å². The minimum atomic E-state index is 0.265. The fourth-order valence-electron chi connectivity index (χ4n) is 2.19. The lowest BCUT2D eigenvalue weighted by molar-refractivity contribution is 0.0555. The van der Waals surface area contributed by atoms with E-state index < -0.39 is 0 Å². The van der Waals surface area contributed by atoms with Crippen molar-refractivity contribution < 1.29 is 4.74 Å². The molecule has 1 fully saturated rings. The van der Waals surface area contributed by atoms with Gasteiger partial charge in [0.25, 0.3) is 0 Å². The molecule has 0 aromatic carbocycles. The van der Waals surface area contributed by atoms with E-state index in [2.05, 4.69) is 29.8 Å². The van der Waals surface area contributed by atoms with Crippen LogP contribution in [0.2, 0.25) is 0 Å². The summed E-state index contributed by atoms with van der Waals surface area (Å²) in [5.74, 6) is 0.872.